The predicted molar refractivity (Wildman–Crippen MR) is 312 cm³/mol. The van der Waals surface area contributed by atoms with Crippen molar-refractivity contribution in [2.75, 3.05) is 86.0 Å². The van der Waals surface area contributed by atoms with Gasteiger partial charge in [-0.05, 0) is 137 Å². The van der Waals surface area contributed by atoms with Crippen LogP contribution in [-0.2, 0) is 9.59 Å². The fourth-order valence-corrected chi connectivity index (χ4v) is 8.83. The number of hydrogen-bond donors (Lipinski definition) is 9. The number of carbonyl (C=O) groups is 5. The highest BCUT2D eigenvalue weighted by Gasteiger charge is 2.29. The van der Waals surface area contributed by atoms with E-state index in [0.29, 0.717) is 101 Å². The SMILES string of the molecule is CN(C)CCCOc1ccc(C(NC(=O)c2ccc(-c3cccc(NC(=O)c4ccc5[nH]c(=O)c(=O)[nH]c5c4)c3)o2)C(N)=O)cc1.CN(C)CCCOc1ccc(C(NC(=O)c2ccc3[nH]c(=O)c(=O)[nH]c3c2)C(=O)N2CCNCC2)cc1. The second-order valence-corrected chi connectivity index (χ2v) is 20.0. The average molecular weight is 1130 g/mol. The van der Waals surface area contributed by atoms with Gasteiger partial charge in [-0.1, -0.05) is 36.4 Å². The van der Waals surface area contributed by atoms with E-state index in [2.05, 4.69) is 51.0 Å². The second-order valence-electron chi connectivity index (χ2n) is 20.0. The van der Waals surface area contributed by atoms with E-state index >= 15 is 0 Å². The smallest absolute Gasteiger partial charge is 0.314 e. The summed E-state index contributed by atoms with van der Waals surface area (Å²) in [6.07, 6.45) is 1.75. The summed E-state index contributed by atoms with van der Waals surface area (Å²) in [5.74, 6) is -0.883. The highest BCUT2D eigenvalue weighted by Crippen LogP contribution is 2.27. The Labute approximate surface area is 474 Å². The molecule has 0 spiro atoms. The van der Waals surface area contributed by atoms with Crippen LogP contribution in [-0.4, -0.2) is 145 Å². The number of carbonyl (C=O) groups excluding carboxylic acids is 5. The number of benzene rings is 5. The maximum Gasteiger partial charge on any atom is 0.314 e. The monoisotopic (exact) mass is 1130 g/mol. The number of primary amides is 1. The number of ether oxygens (including phenoxy) is 2. The molecule has 10 N–H and O–H groups in total. The maximum absolute atomic E-state index is 13.5. The lowest BCUT2D eigenvalue weighted by Crippen LogP contribution is -2.50. The van der Waals surface area contributed by atoms with E-state index < -0.39 is 57.9 Å². The summed E-state index contributed by atoms with van der Waals surface area (Å²) in [5, 5.41) is 11.5. The number of fused-ring (bicyclic) bond motifs is 2. The Kier molecular flexibility index (Phi) is 19.6. The van der Waals surface area contributed by atoms with Crippen molar-refractivity contribution in [3.63, 3.8) is 0 Å². The van der Waals surface area contributed by atoms with Crippen molar-refractivity contribution < 1.29 is 37.9 Å². The number of aromatic nitrogens is 4. The Balaban J connectivity index is 0.000000222. The Morgan fingerprint density at radius 3 is 1.59 bits per heavy atom. The van der Waals surface area contributed by atoms with Crippen LogP contribution in [0.3, 0.4) is 0 Å². The van der Waals surface area contributed by atoms with Crippen LogP contribution in [0, 0.1) is 0 Å². The van der Waals surface area contributed by atoms with Gasteiger partial charge in [-0.25, -0.2) is 0 Å². The molecular weight excluding hydrogens is 1070 g/mol. The molecule has 8 aromatic rings. The van der Waals surface area contributed by atoms with E-state index in [-0.39, 0.29) is 22.8 Å². The van der Waals surface area contributed by atoms with Gasteiger partial charge in [0, 0.05) is 61.6 Å². The van der Waals surface area contributed by atoms with Crippen molar-refractivity contribution in [3.8, 4) is 22.8 Å². The van der Waals surface area contributed by atoms with Crippen molar-refractivity contribution in [2.45, 2.75) is 24.9 Å². The Morgan fingerprint density at radius 1 is 0.578 bits per heavy atom. The number of rotatable bonds is 21. The number of nitrogens with zero attached hydrogens (tertiary/aromatic N) is 3. The maximum atomic E-state index is 13.5. The molecule has 0 aliphatic carbocycles. The van der Waals surface area contributed by atoms with E-state index in [1.165, 1.54) is 42.5 Å². The minimum atomic E-state index is -1.10. The number of piperazine rings is 1. The first-order valence-electron chi connectivity index (χ1n) is 26.6. The molecule has 2 atom stereocenters. The lowest BCUT2D eigenvalue weighted by Gasteiger charge is -2.31. The minimum absolute atomic E-state index is 0.0419. The molecule has 0 bridgehead atoms. The van der Waals surface area contributed by atoms with E-state index in [9.17, 15) is 43.2 Å². The number of nitrogens with one attached hydrogen (secondary N) is 8. The van der Waals surface area contributed by atoms with E-state index in [1.54, 1.807) is 83.8 Å². The fraction of sp³-hybridized carbons (Fsp3) is 0.271. The molecule has 24 heteroatoms. The highest BCUT2D eigenvalue weighted by atomic mass is 16.5. The molecule has 1 aliphatic rings. The molecule has 1 fully saturated rings. The first-order valence-corrected chi connectivity index (χ1v) is 26.6. The van der Waals surface area contributed by atoms with Gasteiger partial charge in [-0.2, -0.15) is 0 Å². The summed E-state index contributed by atoms with van der Waals surface area (Å²) in [6, 6.07) is 30.8. The second kappa shape index (κ2) is 27.5. The van der Waals surface area contributed by atoms with Gasteiger partial charge in [0.05, 0.1) is 35.3 Å². The number of furan rings is 1. The number of aromatic amines is 4. The quantitative estimate of drug-likeness (QED) is 0.0368. The number of H-pyrrole nitrogens is 4. The molecule has 9 rings (SSSR count). The Morgan fingerprint density at radius 2 is 1.07 bits per heavy atom. The van der Waals surface area contributed by atoms with Gasteiger partial charge in [0.15, 0.2) is 5.76 Å². The zero-order valence-electron chi connectivity index (χ0n) is 46.1. The van der Waals surface area contributed by atoms with Crippen LogP contribution in [0.25, 0.3) is 33.4 Å². The minimum Gasteiger partial charge on any atom is -0.494 e. The molecule has 83 heavy (non-hydrogen) atoms. The van der Waals surface area contributed by atoms with Crippen molar-refractivity contribution in [2.24, 2.45) is 5.73 Å². The third kappa shape index (κ3) is 15.9. The van der Waals surface area contributed by atoms with E-state index in [0.717, 1.165) is 25.9 Å². The standard InChI is InChI=1S/C33H32N6O7.C26H32N6O5/c1-39(2)15-4-16-45-23-10-7-19(8-11-23)28(29(34)40)38-31(42)27-14-13-26(46-27)20-5-3-6-22(17-20)35-30(41)21-9-12-24-25(18-21)37-33(44)32(43)36-24;1-31(2)12-3-15-37-19-7-4-17(5-8-19)22(26(36)32-13-10-27-11-14-32)30-23(33)18-6-9-20-21(16-18)29-25(35)24(34)28-20/h3,5-14,17-18,28H,4,15-16H2,1-2H3,(H2,34,40)(H,35,41)(H,36,43)(H,37,44)(H,38,42);4-9,16,22,27H,3,10-15H2,1-2H3,(H,28,34)(H,29,35)(H,30,33). The number of amides is 5. The van der Waals surface area contributed by atoms with Gasteiger partial charge in [0.25, 0.3) is 17.7 Å². The zero-order valence-corrected chi connectivity index (χ0v) is 46.1. The van der Waals surface area contributed by atoms with Crippen LogP contribution >= 0.6 is 0 Å². The summed E-state index contributed by atoms with van der Waals surface area (Å²) in [5.41, 5.74) is 6.49. The van der Waals surface area contributed by atoms with Crippen molar-refractivity contribution in [1.29, 1.82) is 0 Å². The van der Waals surface area contributed by atoms with Crippen LogP contribution < -0.4 is 58.7 Å². The van der Waals surface area contributed by atoms with Crippen LogP contribution in [0.2, 0.25) is 0 Å². The van der Waals surface area contributed by atoms with Crippen LogP contribution in [0.15, 0.2) is 145 Å². The highest BCUT2D eigenvalue weighted by molar-refractivity contribution is 6.06. The lowest BCUT2D eigenvalue weighted by atomic mass is 10.0. The molecule has 5 aromatic carbocycles. The third-order valence-corrected chi connectivity index (χ3v) is 13.2. The fourth-order valence-electron chi connectivity index (χ4n) is 8.83. The van der Waals surface area contributed by atoms with Crippen molar-refractivity contribution in [1.82, 2.24) is 50.6 Å². The van der Waals surface area contributed by atoms with Gasteiger partial charge in [0.1, 0.15) is 29.3 Å². The van der Waals surface area contributed by atoms with Crippen LogP contribution in [0.4, 0.5) is 5.69 Å². The summed E-state index contributed by atoms with van der Waals surface area (Å²) >= 11 is 0. The molecule has 2 unspecified atom stereocenters. The van der Waals surface area contributed by atoms with Crippen molar-refractivity contribution in [3.05, 3.63) is 191 Å². The number of hydrogen-bond acceptors (Lipinski definition) is 15. The predicted octanol–water partition coefficient (Wildman–Crippen LogP) is 3.47. The molecule has 0 radical (unpaired) electrons. The van der Waals surface area contributed by atoms with Gasteiger partial charge < -0.3 is 75.5 Å². The van der Waals surface area contributed by atoms with Crippen LogP contribution in [0.5, 0.6) is 11.5 Å². The Bertz CT molecular complexity index is 3860. The summed E-state index contributed by atoms with van der Waals surface area (Å²) in [4.78, 5) is 127. The molecule has 432 valence electrons. The number of nitrogens with two attached hydrogens (primary N) is 1. The molecule has 3 aromatic heterocycles. The van der Waals surface area contributed by atoms with Crippen LogP contribution in [0.1, 0.15) is 67.3 Å². The number of anilines is 1. The largest absolute Gasteiger partial charge is 0.494 e. The van der Waals surface area contributed by atoms with Gasteiger partial charge in [0.2, 0.25) is 11.8 Å². The molecule has 0 saturated carbocycles. The summed E-state index contributed by atoms with van der Waals surface area (Å²) in [6.45, 7) is 5.39. The lowest BCUT2D eigenvalue weighted by molar-refractivity contribution is -0.134. The summed E-state index contributed by atoms with van der Waals surface area (Å²) < 4.78 is 17.3. The molecule has 1 aliphatic heterocycles. The first kappa shape index (κ1) is 59.2. The molecule has 1 saturated heterocycles. The third-order valence-electron chi connectivity index (χ3n) is 13.2. The summed E-state index contributed by atoms with van der Waals surface area (Å²) in [7, 11) is 8.00. The molecule has 24 nitrogen and oxygen atoms in total. The molecule has 4 heterocycles. The normalized spacial score (nSPS) is 13.0. The molecule has 5 amide bonds. The van der Waals surface area contributed by atoms with E-state index in [4.69, 9.17) is 19.6 Å². The zero-order chi connectivity index (χ0) is 59.2. The molecular formula is C59H64N12O12. The van der Waals surface area contributed by atoms with Gasteiger partial charge in [-0.15, -0.1) is 0 Å². The Hall–Kier alpha value is -9.91. The first-order chi connectivity index (χ1) is 39.9. The average Bonchev–Trinajstić information content (AvgIpc) is 4.01. The van der Waals surface area contributed by atoms with Gasteiger partial charge >= 0.3 is 22.2 Å². The van der Waals surface area contributed by atoms with Crippen molar-refractivity contribution >= 4 is 57.3 Å². The van der Waals surface area contributed by atoms with Gasteiger partial charge in [-0.3, -0.25) is 43.2 Å². The van der Waals surface area contributed by atoms with E-state index in [1.807, 2.05) is 28.2 Å². The topological polar surface area (TPSA) is 332 Å².